The Balaban J connectivity index is 2.11. The van der Waals surface area contributed by atoms with Gasteiger partial charge in [0.05, 0.1) is 4.92 Å². The van der Waals surface area contributed by atoms with Gasteiger partial charge in [-0.3, -0.25) is 25.8 Å². The molecule has 1 aromatic carbocycles. The van der Waals surface area contributed by atoms with E-state index in [9.17, 15) is 14.9 Å². The number of hydrogen-bond donors (Lipinski definition) is 3. The second-order valence-corrected chi connectivity index (χ2v) is 5.73. The molecular weight excluding hydrogens is 324 g/mol. The summed E-state index contributed by atoms with van der Waals surface area (Å²) < 4.78 is 0. The molecule has 9 nitrogen and oxygen atoms in total. The van der Waals surface area contributed by atoms with Gasteiger partial charge in [0.2, 0.25) is 11.6 Å². The summed E-state index contributed by atoms with van der Waals surface area (Å²) in [7, 11) is 0. The van der Waals surface area contributed by atoms with Gasteiger partial charge in [-0.1, -0.05) is 32.0 Å². The smallest absolute Gasteiger partial charge is 0.354 e. The molecule has 0 saturated carbocycles. The molecule has 25 heavy (non-hydrogen) atoms. The number of hydrazine groups is 1. The molecule has 1 heterocycles. The number of hydrogen-bond acceptors (Lipinski definition) is 7. The number of amides is 1. The van der Waals surface area contributed by atoms with E-state index in [-0.39, 0.29) is 17.3 Å². The third kappa shape index (κ3) is 5.13. The minimum atomic E-state index is -0.589. The minimum Gasteiger partial charge on any atom is -0.364 e. The highest BCUT2D eigenvalue weighted by atomic mass is 16.6. The summed E-state index contributed by atoms with van der Waals surface area (Å²) in [5.41, 5.74) is 5.00. The van der Waals surface area contributed by atoms with E-state index in [1.54, 1.807) is 30.3 Å². The molecule has 2 rings (SSSR count). The SMILES string of the molecule is CC(C)CCNc1ncnc(NNC(=O)c2ccccc2)c1[N+](=O)[O-]. The van der Waals surface area contributed by atoms with Crippen molar-refractivity contribution >= 4 is 23.2 Å². The molecule has 1 amide bonds. The van der Waals surface area contributed by atoms with Gasteiger partial charge in [-0.2, -0.15) is 0 Å². The third-order valence-electron chi connectivity index (χ3n) is 3.35. The lowest BCUT2D eigenvalue weighted by molar-refractivity contribution is -0.383. The first-order valence-electron chi connectivity index (χ1n) is 7.83. The average molecular weight is 344 g/mol. The molecule has 0 atom stereocenters. The Labute approximate surface area is 145 Å². The van der Waals surface area contributed by atoms with Crippen LogP contribution in [0.4, 0.5) is 17.3 Å². The Morgan fingerprint density at radius 2 is 1.88 bits per heavy atom. The highest BCUT2D eigenvalue weighted by Gasteiger charge is 2.23. The number of carbonyl (C=O) groups excluding carboxylic acids is 1. The number of nitrogens with zero attached hydrogens (tertiary/aromatic N) is 3. The normalized spacial score (nSPS) is 10.4. The second-order valence-electron chi connectivity index (χ2n) is 5.73. The Hall–Kier alpha value is -3.23. The molecule has 132 valence electrons. The zero-order chi connectivity index (χ0) is 18.2. The van der Waals surface area contributed by atoms with Gasteiger partial charge in [0, 0.05) is 12.1 Å². The van der Waals surface area contributed by atoms with Crippen molar-refractivity contribution < 1.29 is 9.72 Å². The van der Waals surface area contributed by atoms with Gasteiger partial charge in [-0.25, -0.2) is 9.97 Å². The lowest BCUT2D eigenvalue weighted by atomic mass is 10.1. The minimum absolute atomic E-state index is 0.0867. The van der Waals surface area contributed by atoms with Crippen LogP contribution in [0.2, 0.25) is 0 Å². The first-order chi connectivity index (χ1) is 12.0. The van der Waals surface area contributed by atoms with E-state index in [1.165, 1.54) is 6.33 Å². The first kappa shape index (κ1) is 18.1. The van der Waals surface area contributed by atoms with Crippen molar-refractivity contribution in [1.82, 2.24) is 15.4 Å². The van der Waals surface area contributed by atoms with Gasteiger partial charge in [-0.15, -0.1) is 0 Å². The van der Waals surface area contributed by atoms with Crippen molar-refractivity contribution in [2.24, 2.45) is 5.92 Å². The maximum atomic E-state index is 12.0. The number of anilines is 2. The Morgan fingerprint density at radius 1 is 1.20 bits per heavy atom. The zero-order valence-corrected chi connectivity index (χ0v) is 14.0. The maximum absolute atomic E-state index is 12.0. The summed E-state index contributed by atoms with van der Waals surface area (Å²) in [6.45, 7) is 4.66. The lowest BCUT2D eigenvalue weighted by Crippen LogP contribution is -2.30. The Morgan fingerprint density at radius 3 is 2.52 bits per heavy atom. The molecule has 0 spiro atoms. The van der Waals surface area contributed by atoms with Crippen LogP contribution >= 0.6 is 0 Å². The van der Waals surface area contributed by atoms with Gasteiger partial charge in [0.1, 0.15) is 6.33 Å². The number of rotatable bonds is 8. The molecule has 0 aliphatic heterocycles. The van der Waals surface area contributed by atoms with Crippen LogP contribution in [0.1, 0.15) is 30.6 Å². The lowest BCUT2D eigenvalue weighted by Gasteiger charge is -2.11. The number of benzene rings is 1. The molecule has 0 unspecified atom stereocenters. The van der Waals surface area contributed by atoms with Gasteiger partial charge in [-0.05, 0) is 24.5 Å². The highest BCUT2D eigenvalue weighted by Crippen LogP contribution is 2.28. The molecule has 0 aliphatic rings. The third-order valence-corrected chi connectivity index (χ3v) is 3.35. The van der Waals surface area contributed by atoms with Crippen LogP contribution in [0, 0.1) is 16.0 Å². The van der Waals surface area contributed by atoms with Crippen molar-refractivity contribution in [3.05, 3.63) is 52.3 Å². The van der Waals surface area contributed by atoms with Crippen LogP contribution < -0.4 is 16.2 Å². The summed E-state index contributed by atoms with van der Waals surface area (Å²) in [6.07, 6.45) is 2.04. The van der Waals surface area contributed by atoms with Crippen LogP contribution in [0.5, 0.6) is 0 Å². The van der Waals surface area contributed by atoms with Crippen molar-refractivity contribution in [3.63, 3.8) is 0 Å². The molecule has 0 saturated heterocycles. The Kier molecular flexibility index (Phi) is 6.21. The van der Waals surface area contributed by atoms with Crippen molar-refractivity contribution in [2.45, 2.75) is 20.3 Å². The second kappa shape index (κ2) is 8.57. The zero-order valence-electron chi connectivity index (χ0n) is 14.0. The molecule has 0 aliphatic carbocycles. The van der Waals surface area contributed by atoms with Crippen molar-refractivity contribution in [1.29, 1.82) is 0 Å². The first-order valence-corrected chi connectivity index (χ1v) is 7.83. The summed E-state index contributed by atoms with van der Waals surface area (Å²) in [5.74, 6) is 0.0485. The molecule has 0 fully saturated rings. The van der Waals surface area contributed by atoms with E-state index < -0.39 is 10.8 Å². The number of nitro groups is 1. The largest absolute Gasteiger partial charge is 0.364 e. The molecule has 0 bridgehead atoms. The van der Waals surface area contributed by atoms with E-state index in [4.69, 9.17) is 0 Å². The fourth-order valence-corrected chi connectivity index (χ4v) is 2.03. The molecule has 0 radical (unpaired) electrons. The van der Waals surface area contributed by atoms with E-state index in [2.05, 4.69) is 40.0 Å². The topological polar surface area (TPSA) is 122 Å². The Bertz CT molecular complexity index is 736. The quantitative estimate of drug-likeness (QED) is 0.497. The molecule has 2 aromatic rings. The fraction of sp³-hybridized carbons (Fsp3) is 0.312. The van der Waals surface area contributed by atoms with Crippen LogP contribution in [0.3, 0.4) is 0 Å². The monoisotopic (exact) mass is 344 g/mol. The maximum Gasteiger partial charge on any atom is 0.354 e. The van der Waals surface area contributed by atoms with Crippen molar-refractivity contribution in [3.8, 4) is 0 Å². The highest BCUT2D eigenvalue weighted by molar-refractivity contribution is 5.95. The summed E-state index contributed by atoms with van der Waals surface area (Å²) in [4.78, 5) is 30.6. The van der Waals surface area contributed by atoms with E-state index >= 15 is 0 Å². The molecular formula is C16H20N6O3. The number of nitrogens with one attached hydrogen (secondary N) is 3. The average Bonchev–Trinajstić information content (AvgIpc) is 2.60. The van der Waals surface area contributed by atoms with Gasteiger partial charge in [0.25, 0.3) is 5.91 Å². The van der Waals surface area contributed by atoms with Gasteiger partial charge >= 0.3 is 5.69 Å². The standard InChI is InChI=1S/C16H20N6O3/c1-11(2)8-9-17-14-13(22(24)25)15(19-10-18-14)20-21-16(23)12-6-4-3-5-7-12/h3-7,10-11H,8-9H2,1-2H3,(H,21,23)(H2,17,18,19,20). The van der Waals surface area contributed by atoms with E-state index in [0.717, 1.165) is 6.42 Å². The van der Waals surface area contributed by atoms with Crippen LogP contribution in [0.25, 0.3) is 0 Å². The van der Waals surface area contributed by atoms with Gasteiger partial charge in [0.15, 0.2) is 0 Å². The summed E-state index contributed by atoms with van der Waals surface area (Å²) >= 11 is 0. The van der Waals surface area contributed by atoms with Gasteiger partial charge < -0.3 is 5.32 Å². The predicted molar refractivity (Wildman–Crippen MR) is 94.2 cm³/mol. The number of aromatic nitrogens is 2. The van der Waals surface area contributed by atoms with E-state index in [0.29, 0.717) is 18.0 Å². The molecule has 1 aromatic heterocycles. The van der Waals surface area contributed by atoms with E-state index in [1.807, 2.05) is 0 Å². The molecule has 3 N–H and O–H groups in total. The van der Waals surface area contributed by atoms with Crippen LogP contribution in [-0.2, 0) is 0 Å². The fourth-order valence-electron chi connectivity index (χ4n) is 2.03. The summed E-state index contributed by atoms with van der Waals surface area (Å²) in [6, 6.07) is 8.49. The summed E-state index contributed by atoms with van der Waals surface area (Å²) in [5, 5.41) is 14.3. The van der Waals surface area contributed by atoms with Crippen LogP contribution in [-0.4, -0.2) is 27.3 Å². The van der Waals surface area contributed by atoms with Crippen LogP contribution in [0.15, 0.2) is 36.7 Å². The predicted octanol–water partition coefficient (Wildman–Crippen LogP) is 2.60. The number of carbonyl (C=O) groups is 1. The van der Waals surface area contributed by atoms with Crippen molar-refractivity contribution in [2.75, 3.05) is 17.3 Å². The molecule has 9 heteroatoms.